The molecule has 2 atom stereocenters. The van der Waals surface area contributed by atoms with Gasteiger partial charge >= 0.3 is 6.03 Å². The van der Waals surface area contributed by atoms with Crippen LogP contribution in [0.15, 0.2) is 0 Å². The van der Waals surface area contributed by atoms with Gasteiger partial charge in [-0.1, -0.05) is 19.3 Å². The van der Waals surface area contributed by atoms with Gasteiger partial charge in [0.1, 0.15) is 0 Å². The molecule has 2 amide bonds. The van der Waals surface area contributed by atoms with Crippen LogP contribution in [0.4, 0.5) is 4.79 Å². The van der Waals surface area contributed by atoms with Crippen molar-refractivity contribution in [3.63, 3.8) is 0 Å². The summed E-state index contributed by atoms with van der Waals surface area (Å²) in [4.78, 5) is 14.2. The van der Waals surface area contributed by atoms with E-state index in [1.165, 1.54) is 32.1 Å². The molecule has 0 aromatic rings. The molecule has 0 radical (unpaired) electrons. The van der Waals surface area contributed by atoms with Crippen LogP contribution in [0.25, 0.3) is 0 Å². The van der Waals surface area contributed by atoms with E-state index in [1.807, 2.05) is 20.8 Å². The van der Waals surface area contributed by atoms with Crippen molar-refractivity contribution < 1.29 is 9.00 Å². The Balaban J connectivity index is 2.31. The summed E-state index contributed by atoms with van der Waals surface area (Å²) in [5.74, 6) is 1.17. The fourth-order valence-corrected chi connectivity index (χ4v) is 4.01. The average Bonchev–Trinajstić information content (AvgIpc) is 2.47. The highest BCUT2D eigenvalue weighted by molar-refractivity contribution is 7.86. The maximum atomic E-state index is 11.9. The maximum absolute atomic E-state index is 11.9. The van der Waals surface area contributed by atoms with Crippen molar-refractivity contribution in [1.29, 1.82) is 0 Å². The second-order valence-corrected chi connectivity index (χ2v) is 10.1. The molecule has 136 valence electrons. The number of hydrogen-bond acceptors (Lipinski definition) is 3. The van der Waals surface area contributed by atoms with Gasteiger partial charge < -0.3 is 15.5 Å². The molecule has 0 bridgehead atoms. The van der Waals surface area contributed by atoms with Crippen LogP contribution in [0.2, 0.25) is 0 Å². The predicted octanol–water partition coefficient (Wildman–Crippen LogP) is 2.34. The molecule has 1 aliphatic rings. The zero-order chi connectivity index (χ0) is 17.5. The molecule has 1 fully saturated rings. The minimum atomic E-state index is -0.928. The molecule has 2 unspecified atom stereocenters. The van der Waals surface area contributed by atoms with Crippen LogP contribution in [0, 0.1) is 5.92 Å². The number of carbonyl (C=O) groups excluding carboxylic acids is 1. The summed E-state index contributed by atoms with van der Waals surface area (Å²) in [5, 5.41) is 5.80. The number of amides is 2. The Hall–Kier alpha value is -0.620. The van der Waals surface area contributed by atoms with Gasteiger partial charge in [0.05, 0.1) is 0 Å². The molecular formula is C17H35N3O2S. The fraction of sp³-hybridized carbons (Fsp3) is 0.941. The summed E-state index contributed by atoms with van der Waals surface area (Å²) < 4.78 is 11.7. The number of nitrogens with one attached hydrogen (secondary N) is 2. The minimum absolute atomic E-state index is 0.154. The highest BCUT2D eigenvalue weighted by Crippen LogP contribution is 2.27. The summed E-state index contributed by atoms with van der Waals surface area (Å²) in [6.45, 7) is 6.98. The quantitative estimate of drug-likeness (QED) is 0.744. The highest BCUT2D eigenvalue weighted by Gasteiger charge is 2.25. The highest BCUT2D eigenvalue weighted by atomic mass is 32.2. The van der Waals surface area contributed by atoms with Gasteiger partial charge in [0.15, 0.2) is 0 Å². The van der Waals surface area contributed by atoms with E-state index in [0.717, 1.165) is 0 Å². The summed E-state index contributed by atoms with van der Waals surface area (Å²) in [6, 6.07) is 0.239. The third-order valence-electron chi connectivity index (χ3n) is 4.59. The van der Waals surface area contributed by atoms with Gasteiger partial charge in [-0.05, 0) is 53.6 Å². The first kappa shape index (κ1) is 20.4. The third-order valence-corrected chi connectivity index (χ3v) is 6.53. The fourth-order valence-electron chi connectivity index (χ4n) is 3.11. The van der Waals surface area contributed by atoms with Crippen molar-refractivity contribution in [2.75, 3.05) is 32.9 Å². The molecule has 6 heteroatoms. The van der Waals surface area contributed by atoms with E-state index in [9.17, 15) is 9.00 Å². The molecule has 0 heterocycles. The zero-order valence-electron chi connectivity index (χ0n) is 15.5. The molecule has 1 rings (SSSR count). The molecule has 0 spiro atoms. The Labute approximate surface area is 144 Å². The van der Waals surface area contributed by atoms with Crippen molar-refractivity contribution >= 4 is 16.8 Å². The molecule has 1 aliphatic carbocycles. The summed E-state index contributed by atoms with van der Waals surface area (Å²) in [5.41, 5.74) is 0. The standard InChI is InChI=1S/C17H35N3O2S/c1-17(2,3)23(22)12-11-18-16(21)19-13-15(20(4)5)14-9-7-6-8-10-14/h14-15H,6-13H2,1-5H3,(H2,18,19,21). The second kappa shape index (κ2) is 9.62. The van der Waals surface area contributed by atoms with Crippen LogP contribution in [0.1, 0.15) is 52.9 Å². The summed E-state index contributed by atoms with van der Waals surface area (Å²) >= 11 is 0. The Kier molecular flexibility index (Phi) is 8.54. The van der Waals surface area contributed by atoms with E-state index in [1.54, 1.807) is 0 Å². The van der Waals surface area contributed by atoms with Crippen molar-refractivity contribution in [3.8, 4) is 0 Å². The molecular weight excluding hydrogens is 310 g/mol. The average molecular weight is 346 g/mol. The number of likely N-dealkylation sites (N-methyl/N-ethyl adjacent to an activating group) is 1. The smallest absolute Gasteiger partial charge is 0.314 e. The van der Waals surface area contributed by atoms with E-state index in [2.05, 4.69) is 29.6 Å². The summed E-state index contributed by atoms with van der Waals surface area (Å²) in [6.07, 6.45) is 6.47. The first-order valence-electron chi connectivity index (χ1n) is 8.78. The van der Waals surface area contributed by atoms with Crippen LogP contribution < -0.4 is 10.6 Å². The van der Waals surface area contributed by atoms with E-state index >= 15 is 0 Å². The van der Waals surface area contributed by atoms with Crippen molar-refractivity contribution in [3.05, 3.63) is 0 Å². The van der Waals surface area contributed by atoms with Gasteiger partial charge in [0, 0.05) is 40.4 Å². The van der Waals surface area contributed by atoms with Crippen molar-refractivity contribution in [1.82, 2.24) is 15.5 Å². The van der Waals surface area contributed by atoms with Gasteiger partial charge in [-0.25, -0.2) is 4.79 Å². The lowest BCUT2D eigenvalue weighted by Gasteiger charge is -2.35. The maximum Gasteiger partial charge on any atom is 0.314 e. The summed E-state index contributed by atoms with van der Waals surface area (Å²) in [7, 11) is 3.25. The Bertz CT molecular complexity index is 388. The van der Waals surface area contributed by atoms with Crippen molar-refractivity contribution in [2.24, 2.45) is 5.92 Å². The van der Waals surface area contributed by atoms with Gasteiger partial charge in [0.2, 0.25) is 0 Å². The lowest BCUT2D eigenvalue weighted by molar-refractivity contribution is 0.166. The molecule has 23 heavy (non-hydrogen) atoms. The lowest BCUT2D eigenvalue weighted by atomic mass is 9.83. The van der Waals surface area contributed by atoms with Gasteiger partial charge in [0.25, 0.3) is 0 Å². The molecule has 0 saturated heterocycles. The van der Waals surface area contributed by atoms with Gasteiger partial charge in [-0.15, -0.1) is 0 Å². The van der Waals surface area contributed by atoms with Crippen LogP contribution in [0.5, 0.6) is 0 Å². The first-order chi connectivity index (χ1) is 10.7. The van der Waals surface area contributed by atoms with E-state index in [4.69, 9.17) is 0 Å². The molecule has 0 aliphatic heterocycles. The Morgan fingerprint density at radius 1 is 1.17 bits per heavy atom. The van der Waals surface area contributed by atoms with Crippen LogP contribution >= 0.6 is 0 Å². The molecule has 0 aromatic heterocycles. The SMILES string of the molecule is CN(C)C(CNC(=O)NCCS(=O)C(C)(C)C)C1CCCCC1. The zero-order valence-corrected chi connectivity index (χ0v) is 16.3. The van der Waals surface area contributed by atoms with Crippen molar-refractivity contribution in [2.45, 2.75) is 63.7 Å². The monoisotopic (exact) mass is 345 g/mol. The van der Waals surface area contributed by atoms with Crippen LogP contribution in [0.3, 0.4) is 0 Å². The molecule has 2 N–H and O–H groups in total. The Morgan fingerprint density at radius 3 is 2.30 bits per heavy atom. The normalized spacial score (nSPS) is 19.4. The molecule has 0 aromatic carbocycles. The topological polar surface area (TPSA) is 61.4 Å². The van der Waals surface area contributed by atoms with E-state index in [0.29, 0.717) is 30.8 Å². The third kappa shape index (κ3) is 7.66. The van der Waals surface area contributed by atoms with Gasteiger partial charge in [-0.3, -0.25) is 4.21 Å². The van der Waals surface area contributed by atoms with Crippen LogP contribution in [-0.4, -0.2) is 58.9 Å². The first-order valence-corrected chi connectivity index (χ1v) is 10.1. The lowest BCUT2D eigenvalue weighted by Crippen LogP contribution is -2.48. The number of nitrogens with zero attached hydrogens (tertiary/aromatic N) is 1. The second-order valence-electron chi connectivity index (χ2n) is 7.73. The number of carbonyl (C=O) groups is 1. The largest absolute Gasteiger partial charge is 0.337 e. The minimum Gasteiger partial charge on any atom is -0.337 e. The van der Waals surface area contributed by atoms with Gasteiger partial charge in [-0.2, -0.15) is 0 Å². The number of rotatable bonds is 7. The van der Waals surface area contributed by atoms with E-state index < -0.39 is 10.8 Å². The van der Waals surface area contributed by atoms with Crippen LogP contribution in [-0.2, 0) is 10.8 Å². The Morgan fingerprint density at radius 2 is 1.78 bits per heavy atom. The number of hydrogen-bond donors (Lipinski definition) is 2. The predicted molar refractivity (Wildman–Crippen MR) is 98.2 cm³/mol. The molecule has 1 saturated carbocycles. The van der Waals surface area contributed by atoms with E-state index in [-0.39, 0.29) is 10.8 Å². The number of urea groups is 1. The molecule has 5 nitrogen and oxygen atoms in total.